The minimum atomic E-state index is -3.91. The summed E-state index contributed by atoms with van der Waals surface area (Å²) in [6.07, 6.45) is 4.82. The van der Waals surface area contributed by atoms with Gasteiger partial charge in [0.1, 0.15) is 6.61 Å². The molecule has 1 unspecified atom stereocenters. The van der Waals surface area contributed by atoms with E-state index >= 15 is 0 Å². The second-order valence-electron chi connectivity index (χ2n) is 4.38. The van der Waals surface area contributed by atoms with Gasteiger partial charge in [-0.1, -0.05) is 19.3 Å². The molecule has 0 bridgehead atoms. The molecule has 16 heavy (non-hydrogen) atoms. The first-order chi connectivity index (χ1) is 7.49. The molecule has 7 heteroatoms. The standard InChI is InChI=1S/C9H17NO5S/c10-16(11,12)14-6-8-13-7-9(15-8)4-2-1-3-5-9/h8H,1-7H2,(H2,10,11,12). The highest BCUT2D eigenvalue weighted by Gasteiger charge is 2.42. The van der Waals surface area contributed by atoms with E-state index in [0.717, 1.165) is 25.7 Å². The number of hydrogen-bond donors (Lipinski definition) is 1. The van der Waals surface area contributed by atoms with Crippen LogP contribution in [-0.2, 0) is 24.0 Å². The Morgan fingerprint density at radius 1 is 1.31 bits per heavy atom. The summed E-state index contributed by atoms with van der Waals surface area (Å²) in [4.78, 5) is 0. The zero-order valence-corrected chi connectivity index (χ0v) is 9.87. The average molecular weight is 251 g/mol. The van der Waals surface area contributed by atoms with Gasteiger partial charge in [0.25, 0.3) is 0 Å². The lowest BCUT2D eigenvalue weighted by Gasteiger charge is -2.31. The van der Waals surface area contributed by atoms with Crippen LogP contribution in [0.4, 0.5) is 0 Å². The maximum Gasteiger partial charge on any atom is 0.333 e. The average Bonchev–Trinajstić information content (AvgIpc) is 2.59. The van der Waals surface area contributed by atoms with E-state index in [1.54, 1.807) is 0 Å². The summed E-state index contributed by atoms with van der Waals surface area (Å²) in [6, 6.07) is 0. The Morgan fingerprint density at radius 3 is 2.62 bits per heavy atom. The maximum absolute atomic E-state index is 10.6. The van der Waals surface area contributed by atoms with Crippen molar-refractivity contribution in [3.05, 3.63) is 0 Å². The lowest BCUT2D eigenvalue weighted by molar-refractivity contribution is -0.116. The largest absolute Gasteiger partial charge is 0.347 e. The van der Waals surface area contributed by atoms with Gasteiger partial charge in [-0.05, 0) is 12.8 Å². The second kappa shape index (κ2) is 4.58. The molecule has 2 N–H and O–H groups in total. The summed E-state index contributed by atoms with van der Waals surface area (Å²) in [5, 5.41) is 4.72. The molecule has 2 aliphatic rings. The molecule has 1 aliphatic heterocycles. The zero-order chi connectivity index (χ0) is 11.6. The van der Waals surface area contributed by atoms with Crippen LogP contribution in [0.25, 0.3) is 0 Å². The Balaban J connectivity index is 1.83. The molecule has 1 atom stereocenters. The number of ether oxygens (including phenoxy) is 2. The fourth-order valence-electron chi connectivity index (χ4n) is 2.28. The Kier molecular flexibility index (Phi) is 3.50. The van der Waals surface area contributed by atoms with Gasteiger partial charge in [-0.15, -0.1) is 0 Å². The number of rotatable bonds is 3. The molecule has 94 valence electrons. The summed E-state index contributed by atoms with van der Waals surface area (Å²) < 4.78 is 36.7. The van der Waals surface area contributed by atoms with Crippen molar-refractivity contribution in [3.8, 4) is 0 Å². The molecule has 1 heterocycles. The molecule has 2 fully saturated rings. The van der Waals surface area contributed by atoms with Gasteiger partial charge in [-0.3, -0.25) is 4.18 Å². The van der Waals surface area contributed by atoms with Crippen molar-refractivity contribution >= 4 is 10.3 Å². The summed E-state index contributed by atoms with van der Waals surface area (Å²) >= 11 is 0. The van der Waals surface area contributed by atoms with Gasteiger partial charge < -0.3 is 9.47 Å². The van der Waals surface area contributed by atoms with Crippen LogP contribution >= 0.6 is 0 Å². The van der Waals surface area contributed by atoms with Gasteiger partial charge in [0.15, 0.2) is 6.29 Å². The quantitative estimate of drug-likeness (QED) is 0.778. The fraction of sp³-hybridized carbons (Fsp3) is 1.00. The SMILES string of the molecule is NS(=O)(=O)OCC1OCC2(CCCCC2)O1. The summed E-state index contributed by atoms with van der Waals surface area (Å²) in [5.41, 5.74) is -0.218. The van der Waals surface area contributed by atoms with Crippen LogP contribution in [0, 0.1) is 0 Å². The van der Waals surface area contributed by atoms with Gasteiger partial charge in [0.2, 0.25) is 0 Å². The van der Waals surface area contributed by atoms with Crippen molar-refractivity contribution < 1.29 is 22.1 Å². The van der Waals surface area contributed by atoms with E-state index in [2.05, 4.69) is 4.18 Å². The minimum Gasteiger partial charge on any atom is -0.347 e. The van der Waals surface area contributed by atoms with Gasteiger partial charge in [-0.2, -0.15) is 8.42 Å². The molecule has 0 aromatic carbocycles. The zero-order valence-electron chi connectivity index (χ0n) is 9.05. The van der Waals surface area contributed by atoms with Crippen LogP contribution in [0.3, 0.4) is 0 Å². The van der Waals surface area contributed by atoms with E-state index in [4.69, 9.17) is 14.6 Å². The van der Waals surface area contributed by atoms with E-state index in [1.165, 1.54) is 6.42 Å². The first-order valence-corrected chi connectivity index (χ1v) is 6.93. The third-order valence-corrected chi connectivity index (χ3v) is 3.51. The Hall–Kier alpha value is -0.210. The highest BCUT2D eigenvalue weighted by atomic mass is 32.2. The van der Waals surface area contributed by atoms with Gasteiger partial charge >= 0.3 is 10.3 Å². The summed E-state index contributed by atoms with van der Waals surface area (Å²) in [6.45, 7) is 0.353. The van der Waals surface area contributed by atoms with Crippen molar-refractivity contribution in [2.75, 3.05) is 13.2 Å². The van der Waals surface area contributed by atoms with Gasteiger partial charge in [-0.25, -0.2) is 5.14 Å². The van der Waals surface area contributed by atoms with Crippen LogP contribution < -0.4 is 5.14 Å². The molecule has 0 radical (unpaired) electrons. The normalized spacial score (nSPS) is 29.7. The van der Waals surface area contributed by atoms with Crippen molar-refractivity contribution in [1.82, 2.24) is 0 Å². The summed E-state index contributed by atoms with van der Waals surface area (Å²) in [5.74, 6) is 0. The van der Waals surface area contributed by atoms with Crippen LogP contribution in [-0.4, -0.2) is 33.5 Å². The second-order valence-corrected chi connectivity index (χ2v) is 5.60. The van der Waals surface area contributed by atoms with E-state index < -0.39 is 16.6 Å². The lowest BCUT2D eigenvalue weighted by Crippen LogP contribution is -2.35. The lowest BCUT2D eigenvalue weighted by atomic mass is 9.86. The van der Waals surface area contributed by atoms with Crippen LogP contribution in [0.5, 0.6) is 0 Å². The Bertz CT molecular complexity index is 336. The third-order valence-electron chi connectivity index (χ3n) is 3.05. The molecular formula is C9H17NO5S. The molecule has 1 spiro atoms. The summed E-state index contributed by atoms with van der Waals surface area (Å²) in [7, 11) is -3.91. The van der Waals surface area contributed by atoms with Gasteiger partial charge in [0.05, 0.1) is 12.2 Å². The number of hydrogen-bond acceptors (Lipinski definition) is 5. The van der Waals surface area contributed by atoms with E-state index in [-0.39, 0.29) is 12.2 Å². The van der Waals surface area contributed by atoms with E-state index in [0.29, 0.717) is 6.61 Å². The fourth-order valence-corrected chi connectivity index (χ4v) is 2.58. The van der Waals surface area contributed by atoms with Crippen LogP contribution in [0.1, 0.15) is 32.1 Å². The molecule has 0 aromatic rings. The van der Waals surface area contributed by atoms with E-state index in [9.17, 15) is 8.42 Å². The molecular weight excluding hydrogens is 234 g/mol. The predicted octanol–water partition coefficient (Wildman–Crippen LogP) is 0.282. The van der Waals surface area contributed by atoms with Crippen molar-refractivity contribution in [3.63, 3.8) is 0 Å². The Morgan fingerprint density at radius 2 is 2.00 bits per heavy atom. The molecule has 1 saturated carbocycles. The molecule has 0 amide bonds. The first-order valence-electron chi connectivity index (χ1n) is 5.46. The predicted molar refractivity (Wildman–Crippen MR) is 55.7 cm³/mol. The minimum absolute atomic E-state index is 0.166. The molecule has 1 saturated heterocycles. The van der Waals surface area contributed by atoms with E-state index in [1.807, 2.05) is 0 Å². The van der Waals surface area contributed by atoms with Crippen LogP contribution in [0.15, 0.2) is 0 Å². The number of nitrogens with two attached hydrogens (primary N) is 1. The highest BCUT2D eigenvalue weighted by molar-refractivity contribution is 7.84. The topological polar surface area (TPSA) is 87.9 Å². The van der Waals surface area contributed by atoms with Crippen LogP contribution in [0.2, 0.25) is 0 Å². The highest BCUT2D eigenvalue weighted by Crippen LogP contribution is 2.37. The first kappa shape index (κ1) is 12.3. The monoisotopic (exact) mass is 251 g/mol. The molecule has 0 aromatic heterocycles. The Labute approximate surface area is 95.3 Å². The van der Waals surface area contributed by atoms with Gasteiger partial charge in [0, 0.05) is 0 Å². The molecule has 1 aliphatic carbocycles. The molecule has 2 rings (SSSR count). The third kappa shape index (κ3) is 3.14. The van der Waals surface area contributed by atoms with Crippen molar-refractivity contribution in [2.24, 2.45) is 5.14 Å². The molecule has 6 nitrogen and oxygen atoms in total. The van der Waals surface area contributed by atoms with Crippen molar-refractivity contribution in [2.45, 2.75) is 44.0 Å². The smallest absolute Gasteiger partial charge is 0.333 e. The maximum atomic E-state index is 10.6. The van der Waals surface area contributed by atoms with Crippen molar-refractivity contribution in [1.29, 1.82) is 0 Å².